The summed E-state index contributed by atoms with van der Waals surface area (Å²) >= 11 is 16.2. The zero-order valence-electron chi connectivity index (χ0n) is 22.8. The number of aryl methyl sites for hydroxylation is 1. The minimum Gasteiger partial charge on any atom is -0.352 e. The zero-order valence-corrected chi connectivity index (χ0v) is 26.7. The molecule has 2 amide bonds. The molecule has 0 saturated heterocycles. The summed E-state index contributed by atoms with van der Waals surface area (Å²) in [6, 6.07) is 17.4. The Bertz CT molecular complexity index is 1510. The molecule has 1 aliphatic rings. The molecule has 0 heterocycles. The van der Waals surface area contributed by atoms with Gasteiger partial charge in [-0.25, -0.2) is 8.42 Å². The van der Waals surface area contributed by atoms with Crippen molar-refractivity contribution in [3.05, 3.63) is 92.4 Å². The predicted molar refractivity (Wildman–Crippen MR) is 167 cm³/mol. The van der Waals surface area contributed by atoms with Gasteiger partial charge in [-0.05, 0) is 74.7 Å². The lowest BCUT2D eigenvalue weighted by Crippen LogP contribution is -2.52. The molecule has 0 aliphatic heterocycles. The second-order valence-corrected chi connectivity index (χ2v) is 13.9. The Morgan fingerprint density at radius 2 is 1.71 bits per heavy atom. The first-order valence-electron chi connectivity index (χ1n) is 13.3. The number of nitrogens with one attached hydrogen (secondary N) is 1. The van der Waals surface area contributed by atoms with E-state index in [2.05, 4.69) is 21.2 Å². The minimum absolute atomic E-state index is 0.00231. The van der Waals surface area contributed by atoms with E-state index in [0.29, 0.717) is 0 Å². The fourth-order valence-corrected chi connectivity index (χ4v) is 7.14. The monoisotopic (exact) mass is 679 g/mol. The lowest BCUT2D eigenvalue weighted by molar-refractivity contribution is -0.139. The molecule has 0 radical (unpaired) electrons. The van der Waals surface area contributed by atoms with Gasteiger partial charge in [-0.2, -0.15) is 0 Å². The number of carbonyl (C=O) groups excluding carboxylic acids is 2. The lowest BCUT2D eigenvalue weighted by atomic mass is 10.1. The van der Waals surface area contributed by atoms with Gasteiger partial charge in [0, 0.05) is 22.1 Å². The molecule has 11 heteroatoms. The van der Waals surface area contributed by atoms with E-state index in [1.165, 1.54) is 29.2 Å². The van der Waals surface area contributed by atoms with Crippen LogP contribution in [0.3, 0.4) is 0 Å². The Labute approximate surface area is 260 Å². The van der Waals surface area contributed by atoms with Gasteiger partial charge < -0.3 is 10.2 Å². The largest absolute Gasteiger partial charge is 0.352 e. The molecule has 218 valence electrons. The topological polar surface area (TPSA) is 86.8 Å². The van der Waals surface area contributed by atoms with Crippen molar-refractivity contribution in [2.45, 2.75) is 63.1 Å². The smallest absolute Gasteiger partial charge is 0.264 e. The van der Waals surface area contributed by atoms with Crippen molar-refractivity contribution in [1.82, 2.24) is 10.2 Å². The van der Waals surface area contributed by atoms with Gasteiger partial charge in [0.2, 0.25) is 11.8 Å². The summed E-state index contributed by atoms with van der Waals surface area (Å²) in [5, 5.41) is 3.44. The lowest BCUT2D eigenvalue weighted by Gasteiger charge is -2.32. The SMILES string of the molecule is Cc1ccc(S(=O)(=O)N(CC(=O)N(Cc2cccc(Br)c2)C(C)C(=O)NC2CCCC2)c2cc(Cl)ccc2Cl)cc1. The quantitative estimate of drug-likeness (QED) is 0.257. The number of hydrogen-bond acceptors (Lipinski definition) is 4. The van der Waals surface area contributed by atoms with Crippen molar-refractivity contribution in [2.75, 3.05) is 10.8 Å². The van der Waals surface area contributed by atoms with Crippen LogP contribution in [0, 0.1) is 6.92 Å². The van der Waals surface area contributed by atoms with Crippen molar-refractivity contribution in [3.63, 3.8) is 0 Å². The van der Waals surface area contributed by atoms with Gasteiger partial charge in [0.1, 0.15) is 12.6 Å². The van der Waals surface area contributed by atoms with Crippen LogP contribution < -0.4 is 9.62 Å². The normalized spacial score (nSPS) is 14.5. The summed E-state index contributed by atoms with van der Waals surface area (Å²) in [6.45, 7) is 3.01. The number of nitrogens with zero attached hydrogens (tertiary/aromatic N) is 2. The molecule has 1 N–H and O–H groups in total. The third-order valence-corrected chi connectivity index (χ3v) is 10.00. The van der Waals surface area contributed by atoms with Crippen LogP contribution >= 0.6 is 39.1 Å². The molecule has 1 atom stereocenters. The number of anilines is 1. The first kappa shape index (κ1) is 31.3. The third kappa shape index (κ3) is 7.83. The summed E-state index contributed by atoms with van der Waals surface area (Å²) in [5.41, 5.74) is 1.73. The van der Waals surface area contributed by atoms with Gasteiger partial charge in [0.25, 0.3) is 10.0 Å². The number of carbonyl (C=O) groups is 2. The van der Waals surface area contributed by atoms with E-state index in [4.69, 9.17) is 23.2 Å². The highest BCUT2D eigenvalue weighted by Gasteiger charge is 2.34. The molecule has 1 unspecified atom stereocenters. The molecule has 4 rings (SSSR count). The van der Waals surface area contributed by atoms with Crippen LogP contribution in [-0.4, -0.2) is 43.8 Å². The summed E-state index contributed by atoms with van der Waals surface area (Å²) in [5.74, 6) is -0.847. The molecule has 0 spiro atoms. The van der Waals surface area contributed by atoms with E-state index in [1.807, 2.05) is 31.2 Å². The second-order valence-electron chi connectivity index (χ2n) is 10.2. The van der Waals surface area contributed by atoms with Crippen molar-refractivity contribution >= 4 is 66.7 Å². The molecular formula is C30H32BrCl2N3O4S. The van der Waals surface area contributed by atoms with Crippen LogP contribution in [0.25, 0.3) is 0 Å². The predicted octanol–water partition coefficient (Wildman–Crippen LogP) is 6.74. The highest BCUT2D eigenvalue weighted by molar-refractivity contribution is 9.10. The van der Waals surface area contributed by atoms with Crippen LogP contribution in [0.5, 0.6) is 0 Å². The van der Waals surface area contributed by atoms with Gasteiger partial charge >= 0.3 is 0 Å². The molecule has 0 bridgehead atoms. The van der Waals surface area contributed by atoms with Crippen LogP contribution in [0.4, 0.5) is 5.69 Å². The van der Waals surface area contributed by atoms with E-state index in [9.17, 15) is 18.0 Å². The van der Waals surface area contributed by atoms with Crippen molar-refractivity contribution < 1.29 is 18.0 Å². The van der Waals surface area contributed by atoms with Crippen molar-refractivity contribution in [2.24, 2.45) is 0 Å². The fraction of sp³-hybridized carbons (Fsp3) is 0.333. The van der Waals surface area contributed by atoms with Crippen LogP contribution in [0.1, 0.15) is 43.7 Å². The fourth-order valence-electron chi connectivity index (χ4n) is 4.83. The Morgan fingerprint density at radius 3 is 2.37 bits per heavy atom. The van der Waals surface area contributed by atoms with E-state index in [1.54, 1.807) is 25.1 Å². The van der Waals surface area contributed by atoms with Crippen LogP contribution in [0.2, 0.25) is 10.0 Å². The number of benzene rings is 3. The van der Waals surface area contributed by atoms with E-state index < -0.39 is 28.5 Å². The molecule has 0 aromatic heterocycles. The number of amides is 2. The van der Waals surface area contributed by atoms with Gasteiger partial charge in [-0.1, -0.05) is 81.8 Å². The first-order chi connectivity index (χ1) is 19.5. The van der Waals surface area contributed by atoms with Crippen LogP contribution in [-0.2, 0) is 26.2 Å². The van der Waals surface area contributed by atoms with Crippen LogP contribution in [0.15, 0.2) is 76.1 Å². The first-order valence-corrected chi connectivity index (χ1v) is 16.3. The molecule has 1 saturated carbocycles. The van der Waals surface area contributed by atoms with E-state index in [-0.39, 0.29) is 39.1 Å². The third-order valence-electron chi connectivity index (χ3n) is 7.18. The minimum atomic E-state index is -4.25. The molecular weight excluding hydrogens is 649 g/mol. The van der Waals surface area contributed by atoms with Crippen molar-refractivity contribution in [3.8, 4) is 0 Å². The zero-order chi connectivity index (χ0) is 29.7. The van der Waals surface area contributed by atoms with Crippen molar-refractivity contribution in [1.29, 1.82) is 0 Å². The molecule has 41 heavy (non-hydrogen) atoms. The Hall–Kier alpha value is -2.59. The summed E-state index contributed by atoms with van der Waals surface area (Å²) in [4.78, 5) is 28.8. The molecule has 1 aliphatic carbocycles. The molecule has 3 aromatic rings. The van der Waals surface area contributed by atoms with E-state index in [0.717, 1.165) is 45.6 Å². The van der Waals surface area contributed by atoms with Gasteiger partial charge in [0.15, 0.2) is 0 Å². The summed E-state index contributed by atoms with van der Waals surface area (Å²) < 4.78 is 29.7. The molecule has 1 fully saturated rings. The van der Waals surface area contributed by atoms with Gasteiger partial charge in [-0.3, -0.25) is 13.9 Å². The highest BCUT2D eigenvalue weighted by Crippen LogP contribution is 2.33. The Kier molecular flexibility index (Phi) is 10.4. The Morgan fingerprint density at radius 1 is 1.02 bits per heavy atom. The number of halogens is 3. The molecule has 3 aromatic carbocycles. The molecule has 7 nitrogen and oxygen atoms in total. The maximum atomic E-state index is 14.1. The summed E-state index contributed by atoms with van der Waals surface area (Å²) in [6.07, 6.45) is 3.89. The average Bonchev–Trinajstić information content (AvgIpc) is 3.44. The number of sulfonamides is 1. The highest BCUT2D eigenvalue weighted by atomic mass is 79.9. The Balaban J connectivity index is 1.72. The van der Waals surface area contributed by atoms with Gasteiger partial charge in [-0.15, -0.1) is 0 Å². The second kappa shape index (κ2) is 13.6. The number of rotatable bonds is 10. The maximum Gasteiger partial charge on any atom is 0.264 e. The standard InChI is InChI=1S/C30H32BrCl2N3O4S/c1-20-10-13-26(14-11-20)41(39,40)36(28-17-24(32)12-15-27(28)33)19-29(37)35(18-22-6-5-7-23(31)16-22)21(2)30(38)34-25-8-3-4-9-25/h5-7,10-17,21,25H,3-4,8-9,18-19H2,1-2H3,(H,34,38). The average molecular weight is 681 g/mol. The van der Waals surface area contributed by atoms with E-state index >= 15 is 0 Å². The summed E-state index contributed by atoms with van der Waals surface area (Å²) in [7, 11) is -4.25. The number of hydrogen-bond donors (Lipinski definition) is 1. The maximum absolute atomic E-state index is 14.1. The van der Waals surface area contributed by atoms with Gasteiger partial charge in [0.05, 0.1) is 15.6 Å².